The number of fused-ring (bicyclic) bond motifs is 2. The van der Waals surface area contributed by atoms with Gasteiger partial charge in [0.15, 0.2) is 0 Å². The number of piperidine rings is 1. The molecule has 0 saturated carbocycles. The Morgan fingerprint density at radius 1 is 1.13 bits per heavy atom. The van der Waals surface area contributed by atoms with E-state index in [4.69, 9.17) is 0 Å². The summed E-state index contributed by atoms with van der Waals surface area (Å²) in [6.45, 7) is 1.22. The summed E-state index contributed by atoms with van der Waals surface area (Å²) in [6, 6.07) is 7.51. The Bertz CT molecular complexity index is 367. The number of rotatable bonds is 0. The Labute approximate surface area is 99.4 Å². The lowest BCUT2D eigenvalue weighted by molar-refractivity contribution is 0.296. The van der Waals surface area contributed by atoms with E-state index in [0.717, 1.165) is 12.0 Å². The fraction of sp³-hybridized carbons (Fsp3) is 0.538. The molecule has 0 unspecified atom stereocenters. The monoisotopic (exact) mass is 265 g/mol. The van der Waals surface area contributed by atoms with Gasteiger partial charge in [0.05, 0.1) is 0 Å². The van der Waals surface area contributed by atoms with Crippen LogP contribution in [-0.2, 0) is 12.8 Å². The fourth-order valence-corrected chi connectivity index (χ4v) is 3.29. The Morgan fingerprint density at radius 3 is 2.87 bits per heavy atom. The van der Waals surface area contributed by atoms with E-state index in [1.807, 2.05) is 0 Å². The molecule has 0 radical (unpaired) electrons. The van der Waals surface area contributed by atoms with Crippen LogP contribution in [0.3, 0.4) is 0 Å². The summed E-state index contributed by atoms with van der Waals surface area (Å²) in [5.41, 5.74) is 3.13. The molecule has 0 amide bonds. The molecule has 1 aromatic rings. The second-order valence-corrected chi connectivity index (χ2v) is 5.79. The summed E-state index contributed by atoms with van der Waals surface area (Å²) >= 11 is 3.57. The van der Waals surface area contributed by atoms with Crippen LogP contribution in [0.15, 0.2) is 22.7 Å². The maximum Gasteiger partial charge on any atom is 0.0178 e. The van der Waals surface area contributed by atoms with E-state index in [1.54, 1.807) is 11.1 Å². The van der Waals surface area contributed by atoms with Crippen molar-refractivity contribution >= 4 is 15.9 Å². The van der Waals surface area contributed by atoms with E-state index in [-0.39, 0.29) is 0 Å². The normalized spacial score (nSPS) is 29.4. The van der Waals surface area contributed by atoms with Crippen LogP contribution < -0.4 is 5.32 Å². The zero-order valence-electron chi connectivity index (χ0n) is 8.80. The van der Waals surface area contributed by atoms with Crippen LogP contribution in [0, 0.1) is 5.92 Å². The molecule has 1 aliphatic carbocycles. The minimum atomic E-state index is 0.717. The van der Waals surface area contributed by atoms with Gasteiger partial charge in [0.2, 0.25) is 0 Å². The molecular formula is C13H16BrN. The number of halogens is 1. The summed E-state index contributed by atoms with van der Waals surface area (Å²) in [4.78, 5) is 0. The maximum atomic E-state index is 3.67. The summed E-state index contributed by atoms with van der Waals surface area (Å²) < 4.78 is 1.22. The summed E-state index contributed by atoms with van der Waals surface area (Å²) in [7, 11) is 0. The molecule has 15 heavy (non-hydrogen) atoms. The highest BCUT2D eigenvalue weighted by Crippen LogP contribution is 2.29. The average molecular weight is 266 g/mol. The van der Waals surface area contributed by atoms with Crippen molar-refractivity contribution in [3.8, 4) is 0 Å². The third-order valence-corrected chi connectivity index (χ3v) is 4.26. The smallest absolute Gasteiger partial charge is 0.0178 e. The van der Waals surface area contributed by atoms with Gasteiger partial charge in [0.1, 0.15) is 0 Å². The fourth-order valence-electron chi connectivity index (χ4n) is 2.88. The van der Waals surface area contributed by atoms with Gasteiger partial charge in [-0.3, -0.25) is 0 Å². The van der Waals surface area contributed by atoms with Gasteiger partial charge in [-0.2, -0.15) is 0 Å². The van der Waals surface area contributed by atoms with Crippen molar-refractivity contribution in [3.63, 3.8) is 0 Å². The van der Waals surface area contributed by atoms with Crippen molar-refractivity contribution in [2.75, 3.05) is 6.54 Å². The average Bonchev–Trinajstić information content (AvgIpc) is 2.20. The van der Waals surface area contributed by atoms with Crippen molar-refractivity contribution in [1.82, 2.24) is 5.32 Å². The van der Waals surface area contributed by atoms with Crippen LogP contribution in [0.4, 0.5) is 0 Å². The van der Waals surface area contributed by atoms with Crippen LogP contribution in [-0.4, -0.2) is 12.6 Å². The molecule has 1 N–H and O–H groups in total. The topological polar surface area (TPSA) is 12.0 Å². The number of benzene rings is 1. The van der Waals surface area contributed by atoms with E-state index >= 15 is 0 Å². The number of hydrogen-bond donors (Lipinski definition) is 1. The van der Waals surface area contributed by atoms with Gasteiger partial charge in [-0.1, -0.05) is 22.0 Å². The molecule has 2 heteroatoms. The predicted octanol–water partition coefficient (Wildman–Crippen LogP) is 2.92. The summed E-state index contributed by atoms with van der Waals surface area (Å²) in [6.07, 6.45) is 5.24. The van der Waals surface area contributed by atoms with E-state index in [0.29, 0.717) is 0 Å². The maximum absolute atomic E-state index is 3.67. The predicted molar refractivity (Wildman–Crippen MR) is 66.1 cm³/mol. The van der Waals surface area contributed by atoms with Crippen molar-refractivity contribution < 1.29 is 0 Å². The number of nitrogens with one attached hydrogen (secondary N) is 1. The highest BCUT2D eigenvalue weighted by molar-refractivity contribution is 9.10. The lowest BCUT2D eigenvalue weighted by Gasteiger charge is -2.34. The first-order valence-corrected chi connectivity index (χ1v) is 6.61. The molecule has 0 aromatic heterocycles. The molecule has 3 aliphatic rings. The molecule has 1 saturated heterocycles. The minimum absolute atomic E-state index is 0.717. The molecule has 80 valence electrons. The zero-order valence-corrected chi connectivity index (χ0v) is 10.4. The molecule has 2 aliphatic heterocycles. The first-order valence-electron chi connectivity index (χ1n) is 5.82. The van der Waals surface area contributed by atoms with Crippen LogP contribution in [0.1, 0.15) is 24.0 Å². The zero-order chi connectivity index (χ0) is 10.3. The van der Waals surface area contributed by atoms with Crippen molar-refractivity contribution in [1.29, 1.82) is 0 Å². The third-order valence-electron chi connectivity index (χ3n) is 3.76. The van der Waals surface area contributed by atoms with Gasteiger partial charge in [-0.15, -0.1) is 0 Å². The summed E-state index contributed by atoms with van der Waals surface area (Å²) in [5.74, 6) is 0.862. The van der Waals surface area contributed by atoms with Gasteiger partial charge in [0, 0.05) is 10.5 Å². The molecule has 1 nitrogen and oxygen atoms in total. The van der Waals surface area contributed by atoms with Crippen LogP contribution >= 0.6 is 15.9 Å². The molecule has 2 atom stereocenters. The van der Waals surface area contributed by atoms with Crippen molar-refractivity contribution in [2.24, 2.45) is 5.92 Å². The Kier molecular flexibility index (Phi) is 2.57. The highest BCUT2D eigenvalue weighted by atomic mass is 79.9. The second kappa shape index (κ2) is 3.91. The van der Waals surface area contributed by atoms with Crippen LogP contribution in [0.25, 0.3) is 0 Å². The molecule has 1 aromatic carbocycles. The van der Waals surface area contributed by atoms with Gasteiger partial charge in [0.25, 0.3) is 0 Å². The molecular weight excluding hydrogens is 250 g/mol. The Hall–Kier alpha value is -0.340. The Morgan fingerprint density at radius 2 is 2.07 bits per heavy atom. The minimum Gasteiger partial charge on any atom is -0.313 e. The van der Waals surface area contributed by atoms with E-state index in [2.05, 4.69) is 39.4 Å². The van der Waals surface area contributed by atoms with Gasteiger partial charge in [-0.25, -0.2) is 0 Å². The second-order valence-electron chi connectivity index (χ2n) is 4.87. The highest BCUT2D eigenvalue weighted by Gasteiger charge is 2.25. The van der Waals surface area contributed by atoms with Crippen LogP contribution in [0.5, 0.6) is 0 Å². The van der Waals surface area contributed by atoms with Gasteiger partial charge < -0.3 is 5.32 Å². The van der Waals surface area contributed by atoms with E-state index in [9.17, 15) is 0 Å². The largest absolute Gasteiger partial charge is 0.313 e. The lowest BCUT2D eigenvalue weighted by Crippen LogP contribution is -2.42. The first kappa shape index (κ1) is 9.86. The third kappa shape index (κ3) is 1.98. The quantitative estimate of drug-likeness (QED) is 0.761. The van der Waals surface area contributed by atoms with Crippen LogP contribution in [0.2, 0.25) is 0 Å². The first-order chi connectivity index (χ1) is 7.31. The Balaban J connectivity index is 1.99. The van der Waals surface area contributed by atoms with E-state index in [1.165, 1.54) is 36.7 Å². The lowest BCUT2D eigenvalue weighted by atomic mass is 9.81. The SMILES string of the molecule is Brc1ccc2c(c1)C[C@@H]1CC[C@@H](CN1)C2. The molecule has 2 bridgehead atoms. The standard InChI is InChI=1S/C13H16BrN/c14-12-3-2-10-5-9-1-4-13(15-8-9)7-11(10)6-12/h2-3,6,9,13,15H,1,4-5,7-8H2/t9-,13+/m1/s1. The summed E-state index contributed by atoms with van der Waals surface area (Å²) in [5, 5.41) is 3.67. The van der Waals surface area contributed by atoms with Gasteiger partial charge >= 0.3 is 0 Å². The molecule has 0 spiro atoms. The van der Waals surface area contributed by atoms with Gasteiger partial charge in [-0.05, 0) is 61.4 Å². The molecule has 1 fully saturated rings. The molecule has 2 heterocycles. The van der Waals surface area contributed by atoms with Crippen molar-refractivity contribution in [2.45, 2.75) is 31.7 Å². The molecule has 4 rings (SSSR count). The number of hydrogen-bond acceptors (Lipinski definition) is 1. The van der Waals surface area contributed by atoms with E-state index < -0.39 is 0 Å². The van der Waals surface area contributed by atoms with Crippen molar-refractivity contribution in [3.05, 3.63) is 33.8 Å².